The van der Waals surface area contributed by atoms with Crippen molar-refractivity contribution in [2.45, 2.75) is 32.7 Å². The quantitative estimate of drug-likeness (QED) is 0.909. The molecule has 0 atom stereocenters. The van der Waals surface area contributed by atoms with Crippen molar-refractivity contribution in [3.63, 3.8) is 0 Å². The molecule has 2 aromatic carbocycles. The van der Waals surface area contributed by atoms with Crippen LogP contribution in [0.3, 0.4) is 0 Å². The van der Waals surface area contributed by atoms with E-state index < -0.39 is 0 Å². The van der Waals surface area contributed by atoms with Gasteiger partial charge in [-0.05, 0) is 44.5 Å². The first-order chi connectivity index (χ1) is 10.8. The largest absolute Gasteiger partial charge is 0.347 e. The zero-order valence-corrected chi connectivity index (χ0v) is 13.7. The Labute approximate surface area is 136 Å². The molecule has 0 saturated heterocycles. The highest BCUT2D eigenvalue weighted by molar-refractivity contribution is 5.97. The van der Waals surface area contributed by atoms with Crippen LogP contribution >= 0.6 is 0 Å². The summed E-state index contributed by atoms with van der Waals surface area (Å²) < 4.78 is 0. The SMILES string of the molecule is CC(C)(C)NC(=O)c1cccc(NC(=O)Cc2ccccc2)c1. The standard InChI is InChI=1S/C19H22N2O2/c1-19(2,3)21-18(23)15-10-7-11-16(13-15)20-17(22)12-14-8-5-4-6-9-14/h4-11,13H,12H2,1-3H3,(H,20,22)(H,21,23). The van der Waals surface area contributed by atoms with Crippen molar-refractivity contribution in [2.24, 2.45) is 0 Å². The highest BCUT2D eigenvalue weighted by Gasteiger charge is 2.15. The van der Waals surface area contributed by atoms with Gasteiger partial charge in [0.2, 0.25) is 5.91 Å². The van der Waals surface area contributed by atoms with Gasteiger partial charge in [-0.15, -0.1) is 0 Å². The molecule has 0 heterocycles. The third kappa shape index (κ3) is 5.58. The Morgan fingerprint density at radius 1 is 0.957 bits per heavy atom. The van der Waals surface area contributed by atoms with Crippen molar-refractivity contribution in [2.75, 3.05) is 5.32 Å². The third-order valence-corrected chi connectivity index (χ3v) is 3.10. The summed E-state index contributed by atoms with van der Waals surface area (Å²) >= 11 is 0. The van der Waals surface area contributed by atoms with Gasteiger partial charge < -0.3 is 10.6 Å². The number of hydrogen-bond acceptors (Lipinski definition) is 2. The van der Waals surface area contributed by atoms with Gasteiger partial charge >= 0.3 is 0 Å². The number of nitrogens with one attached hydrogen (secondary N) is 2. The summed E-state index contributed by atoms with van der Waals surface area (Å²) in [5, 5.41) is 5.73. The number of anilines is 1. The van der Waals surface area contributed by atoms with E-state index in [1.165, 1.54) is 0 Å². The molecule has 0 bridgehead atoms. The van der Waals surface area contributed by atoms with Gasteiger partial charge in [0.05, 0.1) is 6.42 Å². The Morgan fingerprint density at radius 3 is 2.30 bits per heavy atom. The average molecular weight is 310 g/mol. The summed E-state index contributed by atoms with van der Waals surface area (Å²) in [6.07, 6.45) is 0.305. The topological polar surface area (TPSA) is 58.2 Å². The fourth-order valence-corrected chi connectivity index (χ4v) is 2.14. The van der Waals surface area contributed by atoms with Crippen molar-refractivity contribution in [3.8, 4) is 0 Å². The van der Waals surface area contributed by atoms with Crippen LogP contribution in [-0.4, -0.2) is 17.4 Å². The molecule has 0 fully saturated rings. The lowest BCUT2D eigenvalue weighted by molar-refractivity contribution is -0.115. The van der Waals surface area contributed by atoms with E-state index in [4.69, 9.17) is 0 Å². The van der Waals surface area contributed by atoms with E-state index in [1.54, 1.807) is 24.3 Å². The number of hydrogen-bond donors (Lipinski definition) is 2. The minimum absolute atomic E-state index is 0.107. The van der Waals surface area contributed by atoms with Crippen LogP contribution in [0.2, 0.25) is 0 Å². The number of amides is 2. The number of rotatable bonds is 4. The number of carbonyl (C=O) groups is 2. The summed E-state index contributed by atoms with van der Waals surface area (Å²) in [6, 6.07) is 16.5. The second-order valence-corrected chi connectivity index (χ2v) is 6.50. The Kier molecular flexibility index (Phi) is 5.16. The molecule has 0 spiro atoms. The maximum atomic E-state index is 12.2. The van der Waals surface area contributed by atoms with Gasteiger partial charge in [-0.25, -0.2) is 0 Å². The van der Waals surface area contributed by atoms with Crippen LogP contribution in [-0.2, 0) is 11.2 Å². The number of carbonyl (C=O) groups excluding carboxylic acids is 2. The number of benzene rings is 2. The molecule has 4 nitrogen and oxygen atoms in total. The van der Waals surface area contributed by atoms with E-state index in [2.05, 4.69) is 10.6 Å². The van der Waals surface area contributed by atoms with Gasteiger partial charge in [-0.3, -0.25) is 9.59 Å². The Bertz CT molecular complexity index is 688. The van der Waals surface area contributed by atoms with Gasteiger partial charge in [0, 0.05) is 16.8 Å². The van der Waals surface area contributed by atoms with E-state index in [9.17, 15) is 9.59 Å². The molecule has 2 rings (SSSR count). The van der Waals surface area contributed by atoms with Gasteiger partial charge in [0.15, 0.2) is 0 Å². The Morgan fingerprint density at radius 2 is 1.65 bits per heavy atom. The first kappa shape index (κ1) is 16.7. The first-order valence-corrected chi connectivity index (χ1v) is 7.60. The molecule has 0 aliphatic carbocycles. The van der Waals surface area contributed by atoms with E-state index in [-0.39, 0.29) is 17.4 Å². The Balaban J connectivity index is 2.02. The highest BCUT2D eigenvalue weighted by Crippen LogP contribution is 2.13. The van der Waals surface area contributed by atoms with Crippen LogP contribution in [0.15, 0.2) is 54.6 Å². The molecule has 0 aliphatic rings. The molecule has 0 aliphatic heterocycles. The highest BCUT2D eigenvalue weighted by atomic mass is 16.2. The fraction of sp³-hybridized carbons (Fsp3) is 0.263. The van der Waals surface area contributed by atoms with E-state index in [0.717, 1.165) is 5.56 Å². The minimum atomic E-state index is -0.302. The van der Waals surface area contributed by atoms with Crippen LogP contribution < -0.4 is 10.6 Å². The molecule has 0 unspecified atom stereocenters. The van der Waals surface area contributed by atoms with Gasteiger partial charge in [-0.2, -0.15) is 0 Å². The molecule has 0 aromatic heterocycles. The zero-order chi connectivity index (χ0) is 16.9. The van der Waals surface area contributed by atoms with Crippen LogP contribution in [0.25, 0.3) is 0 Å². The van der Waals surface area contributed by atoms with Crippen LogP contribution in [0, 0.1) is 0 Å². The van der Waals surface area contributed by atoms with Crippen molar-refractivity contribution in [3.05, 3.63) is 65.7 Å². The van der Waals surface area contributed by atoms with E-state index >= 15 is 0 Å². The smallest absolute Gasteiger partial charge is 0.251 e. The van der Waals surface area contributed by atoms with E-state index in [1.807, 2.05) is 51.1 Å². The second kappa shape index (κ2) is 7.09. The van der Waals surface area contributed by atoms with Crippen molar-refractivity contribution < 1.29 is 9.59 Å². The van der Waals surface area contributed by atoms with E-state index in [0.29, 0.717) is 17.7 Å². The van der Waals surface area contributed by atoms with Gasteiger partial charge in [0.25, 0.3) is 5.91 Å². The maximum Gasteiger partial charge on any atom is 0.251 e. The molecular weight excluding hydrogens is 288 g/mol. The van der Waals surface area contributed by atoms with Gasteiger partial charge in [-0.1, -0.05) is 36.4 Å². The molecule has 2 amide bonds. The molecule has 2 N–H and O–H groups in total. The first-order valence-electron chi connectivity index (χ1n) is 7.60. The fourth-order valence-electron chi connectivity index (χ4n) is 2.14. The van der Waals surface area contributed by atoms with Crippen molar-refractivity contribution in [1.82, 2.24) is 5.32 Å². The van der Waals surface area contributed by atoms with Crippen molar-refractivity contribution in [1.29, 1.82) is 0 Å². The zero-order valence-electron chi connectivity index (χ0n) is 13.7. The summed E-state index contributed by atoms with van der Waals surface area (Å²) in [7, 11) is 0. The summed E-state index contributed by atoms with van der Waals surface area (Å²) in [5.74, 6) is -0.263. The second-order valence-electron chi connectivity index (χ2n) is 6.50. The average Bonchev–Trinajstić information content (AvgIpc) is 2.46. The predicted octanol–water partition coefficient (Wildman–Crippen LogP) is 3.40. The summed E-state index contributed by atoms with van der Waals surface area (Å²) in [4.78, 5) is 24.2. The molecular formula is C19H22N2O2. The Hall–Kier alpha value is -2.62. The predicted molar refractivity (Wildman–Crippen MR) is 92.4 cm³/mol. The lowest BCUT2D eigenvalue weighted by Crippen LogP contribution is -2.40. The molecule has 0 radical (unpaired) electrons. The lowest BCUT2D eigenvalue weighted by Gasteiger charge is -2.20. The van der Waals surface area contributed by atoms with Crippen LogP contribution in [0.5, 0.6) is 0 Å². The van der Waals surface area contributed by atoms with Gasteiger partial charge in [0.1, 0.15) is 0 Å². The summed E-state index contributed by atoms with van der Waals surface area (Å²) in [6.45, 7) is 5.78. The monoisotopic (exact) mass is 310 g/mol. The maximum absolute atomic E-state index is 12.2. The lowest BCUT2D eigenvalue weighted by atomic mass is 10.1. The minimum Gasteiger partial charge on any atom is -0.347 e. The normalized spacial score (nSPS) is 10.9. The van der Waals surface area contributed by atoms with Crippen LogP contribution in [0.4, 0.5) is 5.69 Å². The van der Waals surface area contributed by atoms with Crippen molar-refractivity contribution >= 4 is 17.5 Å². The molecule has 120 valence electrons. The third-order valence-electron chi connectivity index (χ3n) is 3.10. The molecule has 2 aromatic rings. The molecule has 0 saturated carbocycles. The summed E-state index contributed by atoms with van der Waals surface area (Å²) in [5.41, 5.74) is 1.79. The molecule has 4 heteroatoms. The molecule has 23 heavy (non-hydrogen) atoms. The van der Waals surface area contributed by atoms with Crippen LogP contribution in [0.1, 0.15) is 36.7 Å².